The van der Waals surface area contributed by atoms with E-state index >= 15 is 0 Å². The molecule has 0 aliphatic carbocycles. The third kappa shape index (κ3) is 2.76. The lowest BCUT2D eigenvalue weighted by Crippen LogP contribution is -2.35. The molecule has 2 N–H and O–H groups in total. The highest BCUT2D eigenvalue weighted by atomic mass is 19.1. The zero-order chi connectivity index (χ0) is 13.2. The molecule has 0 bridgehead atoms. The molecule has 0 fully saturated rings. The van der Waals surface area contributed by atoms with Gasteiger partial charge in [-0.05, 0) is 38.0 Å². The van der Waals surface area contributed by atoms with Crippen molar-refractivity contribution in [2.24, 2.45) is 5.73 Å². The maximum Gasteiger partial charge on any atom is 0.123 e. The van der Waals surface area contributed by atoms with Gasteiger partial charge in [0, 0.05) is 23.8 Å². The van der Waals surface area contributed by atoms with E-state index in [1.54, 1.807) is 12.3 Å². The van der Waals surface area contributed by atoms with E-state index in [0.29, 0.717) is 6.42 Å². The van der Waals surface area contributed by atoms with Crippen LogP contribution in [0.1, 0.15) is 25.0 Å². The molecular weight excluding hydrogens is 229 g/mol. The first kappa shape index (κ1) is 12.8. The Kier molecular flexibility index (Phi) is 3.48. The van der Waals surface area contributed by atoms with Crippen LogP contribution in [-0.2, 0) is 18.5 Å². The molecule has 0 spiro atoms. The molecule has 18 heavy (non-hydrogen) atoms. The fourth-order valence-electron chi connectivity index (χ4n) is 2.00. The molecule has 3 nitrogen and oxygen atoms in total. The zero-order valence-corrected chi connectivity index (χ0v) is 10.7. The van der Waals surface area contributed by atoms with Crippen LogP contribution in [0.15, 0.2) is 36.7 Å². The predicted octanol–water partition coefficient (Wildman–Crippen LogP) is 2.46. The Morgan fingerprint density at radius 1 is 1.44 bits per heavy atom. The number of hydrogen-bond acceptors (Lipinski definition) is 2. The lowest BCUT2D eigenvalue weighted by molar-refractivity contribution is 0.488. The van der Waals surface area contributed by atoms with Crippen molar-refractivity contribution in [1.29, 1.82) is 0 Å². The van der Waals surface area contributed by atoms with Crippen LogP contribution in [0, 0.1) is 5.82 Å². The molecule has 2 aromatic rings. The van der Waals surface area contributed by atoms with Crippen LogP contribution in [-0.4, -0.2) is 9.78 Å². The summed E-state index contributed by atoms with van der Waals surface area (Å²) in [5, 5.41) is 4.22. The monoisotopic (exact) mass is 247 g/mol. The van der Waals surface area contributed by atoms with Crippen molar-refractivity contribution >= 4 is 0 Å². The second kappa shape index (κ2) is 4.90. The van der Waals surface area contributed by atoms with Crippen LogP contribution in [0.25, 0.3) is 0 Å². The van der Waals surface area contributed by atoms with Crippen LogP contribution >= 0.6 is 0 Å². The van der Waals surface area contributed by atoms with E-state index in [0.717, 1.165) is 17.7 Å². The van der Waals surface area contributed by atoms with Crippen LogP contribution in [0.2, 0.25) is 0 Å². The first-order valence-electron chi connectivity index (χ1n) is 6.07. The smallest absolute Gasteiger partial charge is 0.123 e. The van der Waals surface area contributed by atoms with Gasteiger partial charge in [0.25, 0.3) is 0 Å². The SMILES string of the molecule is CCn1cc(C(C)(N)Cc2cccc(F)c2)cn1. The zero-order valence-electron chi connectivity index (χ0n) is 10.7. The van der Waals surface area contributed by atoms with Crippen molar-refractivity contribution < 1.29 is 4.39 Å². The first-order valence-corrected chi connectivity index (χ1v) is 6.07. The average molecular weight is 247 g/mol. The standard InChI is InChI=1S/C14H18FN3/c1-3-18-10-12(9-17-18)14(2,16)8-11-5-4-6-13(15)7-11/h4-7,9-10H,3,8,16H2,1-2H3. The molecule has 1 aromatic carbocycles. The Bertz CT molecular complexity index is 531. The summed E-state index contributed by atoms with van der Waals surface area (Å²) in [7, 11) is 0. The average Bonchev–Trinajstić information content (AvgIpc) is 2.77. The normalized spacial score (nSPS) is 14.4. The summed E-state index contributed by atoms with van der Waals surface area (Å²) in [6.07, 6.45) is 4.31. The number of rotatable bonds is 4. The predicted molar refractivity (Wildman–Crippen MR) is 69.5 cm³/mol. The fourth-order valence-corrected chi connectivity index (χ4v) is 2.00. The molecule has 96 valence electrons. The van der Waals surface area contributed by atoms with Gasteiger partial charge in [-0.15, -0.1) is 0 Å². The molecule has 2 rings (SSSR count). The maximum absolute atomic E-state index is 13.1. The summed E-state index contributed by atoms with van der Waals surface area (Å²) in [6.45, 7) is 4.78. The molecule has 1 heterocycles. The largest absolute Gasteiger partial charge is 0.321 e. The van der Waals surface area contributed by atoms with Gasteiger partial charge in [0.1, 0.15) is 5.82 Å². The van der Waals surface area contributed by atoms with E-state index in [1.165, 1.54) is 12.1 Å². The molecule has 0 aliphatic heterocycles. The summed E-state index contributed by atoms with van der Waals surface area (Å²) in [6, 6.07) is 6.55. The molecule has 1 unspecified atom stereocenters. The van der Waals surface area contributed by atoms with Crippen molar-refractivity contribution in [3.05, 3.63) is 53.6 Å². The quantitative estimate of drug-likeness (QED) is 0.902. The Morgan fingerprint density at radius 2 is 2.22 bits per heavy atom. The summed E-state index contributed by atoms with van der Waals surface area (Å²) in [5.74, 6) is -0.229. The Hall–Kier alpha value is -1.68. The molecule has 0 amide bonds. The second-order valence-electron chi connectivity index (χ2n) is 4.81. The summed E-state index contributed by atoms with van der Waals surface area (Å²) in [4.78, 5) is 0. The van der Waals surface area contributed by atoms with Gasteiger partial charge in [0.15, 0.2) is 0 Å². The highest BCUT2D eigenvalue weighted by Gasteiger charge is 2.23. The van der Waals surface area contributed by atoms with Gasteiger partial charge in [0.05, 0.1) is 6.20 Å². The highest BCUT2D eigenvalue weighted by molar-refractivity contribution is 5.24. The lowest BCUT2D eigenvalue weighted by Gasteiger charge is -2.23. The van der Waals surface area contributed by atoms with Crippen molar-refractivity contribution in [3.63, 3.8) is 0 Å². The number of halogens is 1. The lowest BCUT2D eigenvalue weighted by atomic mass is 9.88. The minimum atomic E-state index is -0.540. The number of aromatic nitrogens is 2. The minimum absolute atomic E-state index is 0.229. The van der Waals surface area contributed by atoms with E-state index < -0.39 is 5.54 Å². The van der Waals surface area contributed by atoms with Crippen LogP contribution in [0.3, 0.4) is 0 Å². The molecule has 0 saturated carbocycles. The van der Waals surface area contributed by atoms with Crippen molar-refractivity contribution in [1.82, 2.24) is 9.78 Å². The number of aryl methyl sites for hydroxylation is 1. The van der Waals surface area contributed by atoms with Gasteiger partial charge in [-0.25, -0.2) is 4.39 Å². The minimum Gasteiger partial charge on any atom is -0.321 e. The fraction of sp³-hybridized carbons (Fsp3) is 0.357. The number of nitrogens with two attached hydrogens (primary N) is 1. The molecule has 0 radical (unpaired) electrons. The molecule has 0 saturated heterocycles. The topological polar surface area (TPSA) is 43.8 Å². The molecule has 0 aliphatic rings. The van der Waals surface area contributed by atoms with Gasteiger partial charge in [0.2, 0.25) is 0 Å². The number of benzene rings is 1. The molecular formula is C14H18FN3. The van der Waals surface area contributed by atoms with Crippen LogP contribution in [0.4, 0.5) is 4.39 Å². The van der Waals surface area contributed by atoms with Gasteiger partial charge >= 0.3 is 0 Å². The Morgan fingerprint density at radius 3 is 2.83 bits per heavy atom. The number of nitrogens with zero attached hydrogens (tertiary/aromatic N) is 2. The highest BCUT2D eigenvalue weighted by Crippen LogP contribution is 2.22. The Labute approximate surface area is 106 Å². The first-order chi connectivity index (χ1) is 8.51. The van der Waals surface area contributed by atoms with Crippen molar-refractivity contribution in [2.75, 3.05) is 0 Å². The van der Waals surface area contributed by atoms with E-state index in [2.05, 4.69) is 5.10 Å². The molecule has 1 aromatic heterocycles. The molecule has 1 atom stereocenters. The van der Waals surface area contributed by atoms with Crippen LogP contribution in [0.5, 0.6) is 0 Å². The number of hydrogen-bond donors (Lipinski definition) is 1. The summed E-state index contributed by atoms with van der Waals surface area (Å²) < 4.78 is 15.0. The van der Waals surface area contributed by atoms with E-state index in [4.69, 9.17) is 5.73 Å². The van der Waals surface area contributed by atoms with Gasteiger partial charge in [-0.3, -0.25) is 4.68 Å². The summed E-state index contributed by atoms with van der Waals surface area (Å²) in [5.41, 5.74) is 7.63. The summed E-state index contributed by atoms with van der Waals surface area (Å²) >= 11 is 0. The van der Waals surface area contributed by atoms with Gasteiger partial charge in [-0.2, -0.15) is 5.10 Å². The third-order valence-corrected chi connectivity index (χ3v) is 3.08. The Balaban J connectivity index is 2.20. The third-order valence-electron chi connectivity index (χ3n) is 3.08. The van der Waals surface area contributed by atoms with E-state index in [9.17, 15) is 4.39 Å². The van der Waals surface area contributed by atoms with E-state index in [1.807, 2.05) is 30.8 Å². The maximum atomic E-state index is 13.1. The van der Waals surface area contributed by atoms with Crippen molar-refractivity contribution in [3.8, 4) is 0 Å². The van der Waals surface area contributed by atoms with Crippen LogP contribution < -0.4 is 5.73 Å². The van der Waals surface area contributed by atoms with Crippen molar-refractivity contribution in [2.45, 2.75) is 32.4 Å². The molecule has 4 heteroatoms. The second-order valence-corrected chi connectivity index (χ2v) is 4.81. The van der Waals surface area contributed by atoms with Gasteiger partial charge < -0.3 is 5.73 Å². The van der Waals surface area contributed by atoms with E-state index in [-0.39, 0.29) is 5.82 Å². The van der Waals surface area contributed by atoms with Gasteiger partial charge in [-0.1, -0.05) is 12.1 Å².